The van der Waals surface area contributed by atoms with Crippen LogP contribution >= 0.6 is 11.6 Å². The van der Waals surface area contributed by atoms with E-state index in [0.717, 1.165) is 17.7 Å². The third-order valence-electron chi connectivity index (χ3n) is 3.08. The van der Waals surface area contributed by atoms with Crippen LogP contribution in [-0.4, -0.2) is 14.9 Å². The summed E-state index contributed by atoms with van der Waals surface area (Å²) < 4.78 is 15.5. The summed E-state index contributed by atoms with van der Waals surface area (Å²) in [5.41, 5.74) is 1.98. The van der Waals surface area contributed by atoms with Crippen LogP contribution in [0.1, 0.15) is 29.8 Å². The van der Waals surface area contributed by atoms with E-state index in [-0.39, 0.29) is 11.4 Å². The molecule has 2 aromatic rings. The number of benzene rings is 1. The Balaban J connectivity index is 2.25. The lowest BCUT2D eigenvalue weighted by molar-refractivity contribution is 0.176. The van der Waals surface area contributed by atoms with Gasteiger partial charge >= 0.3 is 0 Å². The third-order valence-corrected chi connectivity index (χ3v) is 3.37. The molecule has 3 nitrogen and oxygen atoms in total. The van der Waals surface area contributed by atoms with Gasteiger partial charge < -0.3 is 5.11 Å². The highest BCUT2D eigenvalue weighted by Crippen LogP contribution is 2.25. The zero-order valence-corrected chi connectivity index (χ0v) is 11.7. The summed E-state index contributed by atoms with van der Waals surface area (Å²) in [6.07, 6.45) is 1.90. The number of hydrogen-bond donors (Lipinski definition) is 1. The van der Waals surface area contributed by atoms with Gasteiger partial charge in [0.05, 0.1) is 16.8 Å². The third kappa shape index (κ3) is 2.96. The van der Waals surface area contributed by atoms with Gasteiger partial charge in [-0.3, -0.25) is 4.68 Å². The standard InChI is InChI=1S/C14H16ClFN2O/c1-3-12-10(8-18(2)17-12)13(19)7-9-5-4-6-11(15)14(9)16/h4-6,8,13,19H,3,7H2,1-2H3. The molecule has 1 aromatic heterocycles. The van der Waals surface area contributed by atoms with Gasteiger partial charge in [-0.05, 0) is 18.1 Å². The van der Waals surface area contributed by atoms with Gasteiger partial charge in [-0.2, -0.15) is 5.10 Å². The van der Waals surface area contributed by atoms with Crippen molar-refractivity contribution in [3.05, 3.63) is 52.1 Å². The molecule has 1 unspecified atom stereocenters. The van der Waals surface area contributed by atoms with Crippen LogP contribution in [0.5, 0.6) is 0 Å². The second-order valence-corrected chi connectivity index (χ2v) is 4.90. The summed E-state index contributed by atoms with van der Waals surface area (Å²) in [6.45, 7) is 1.97. The summed E-state index contributed by atoms with van der Waals surface area (Å²) in [6, 6.07) is 4.80. The van der Waals surface area contributed by atoms with E-state index in [0.29, 0.717) is 5.56 Å². The lowest BCUT2D eigenvalue weighted by Gasteiger charge is -2.11. The molecule has 0 aliphatic heterocycles. The highest BCUT2D eigenvalue weighted by Gasteiger charge is 2.18. The first-order chi connectivity index (χ1) is 9.02. The molecule has 1 aromatic carbocycles. The highest BCUT2D eigenvalue weighted by molar-refractivity contribution is 6.30. The largest absolute Gasteiger partial charge is 0.388 e. The van der Waals surface area contributed by atoms with Crippen molar-refractivity contribution >= 4 is 11.6 Å². The fraction of sp³-hybridized carbons (Fsp3) is 0.357. The van der Waals surface area contributed by atoms with Gasteiger partial charge in [0.25, 0.3) is 0 Å². The minimum atomic E-state index is -0.781. The van der Waals surface area contributed by atoms with Crippen molar-refractivity contribution in [2.75, 3.05) is 0 Å². The van der Waals surface area contributed by atoms with Gasteiger partial charge in [-0.15, -0.1) is 0 Å². The minimum Gasteiger partial charge on any atom is -0.388 e. The Morgan fingerprint density at radius 3 is 2.89 bits per heavy atom. The average molecular weight is 283 g/mol. The topological polar surface area (TPSA) is 38.0 Å². The molecule has 0 aliphatic rings. The first-order valence-electron chi connectivity index (χ1n) is 6.16. The molecule has 0 spiro atoms. The molecule has 1 N–H and O–H groups in total. The van der Waals surface area contributed by atoms with Crippen LogP contribution in [0.15, 0.2) is 24.4 Å². The maximum absolute atomic E-state index is 13.8. The molecule has 0 amide bonds. The van der Waals surface area contributed by atoms with Crippen LogP contribution in [0, 0.1) is 5.82 Å². The fourth-order valence-corrected chi connectivity index (χ4v) is 2.32. The molecule has 1 atom stereocenters. The molecule has 5 heteroatoms. The number of nitrogens with zero attached hydrogens (tertiary/aromatic N) is 2. The normalized spacial score (nSPS) is 12.7. The van der Waals surface area contributed by atoms with Gasteiger partial charge in [0.15, 0.2) is 0 Å². The Morgan fingerprint density at radius 2 is 2.21 bits per heavy atom. The molecular weight excluding hydrogens is 267 g/mol. The van der Waals surface area contributed by atoms with E-state index in [1.807, 2.05) is 6.92 Å². The Hall–Kier alpha value is -1.39. The number of aliphatic hydroxyl groups excluding tert-OH is 1. The number of rotatable bonds is 4. The zero-order chi connectivity index (χ0) is 14.0. The molecular formula is C14H16ClFN2O. The molecule has 19 heavy (non-hydrogen) atoms. The van der Waals surface area contributed by atoms with Crippen LogP contribution in [0.4, 0.5) is 4.39 Å². The quantitative estimate of drug-likeness (QED) is 0.936. The van der Waals surface area contributed by atoms with Crippen LogP contribution in [0.25, 0.3) is 0 Å². The van der Waals surface area contributed by atoms with Crippen molar-refractivity contribution < 1.29 is 9.50 Å². The number of aryl methyl sites for hydroxylation is 2. The van der Waals surface area contributed by atoms with Gasteiger partial charge in [-0.1, -0.05) is 30.7 Å². The summed E-state index contributed by atoms with van der Waals surface area (Å²) in [4.78, 5) is 0. The lowest BCUT2D eigenvalue weighted by Crippen LogP contribution is -2.05. The van der Waals surface area contributed by atoms with E-state index < -0.39 is 11.9 Å². The van der Waals surface area contributed by atoms with Crippen molar-refractivity contribution in [2.24, 2.45) is 7.05 Å². The van der Waals surface area contributed by atoms with Gasteiger partial charge in [-0.25, -0.2) is 4.39 Å². The molecule has 0 saturated carbocycles. The van der Waals surface area contributed by atoms with E-state index in [1.165, 1.54) is 6.07 Å². The molecule has 1 heterocycles. The van der Waals surface area contributed by atoms with Crippen LogP contribution in [0.2, 0.25) is 5.02 Å². The van der Waals surface area contributed by atoms with E-state index >= 15 is 0 Å². The Bertz CT molecular complexity index is 583. The predicted octanol–water partition coefficient (Wildman–Crippen LogP) is 3.05. The minimum absolute atomic E-state index is 0.0756. The molecule has 0 saturated heterocycles. The number of hydrogen-bond acceptors (Lipinski definition) is 2. The first-order valence-corrected chi connectivity index (χ1v) is 6.54. The zero-order valence-electron chi connectivity index (χ0n) is 10.9. The average Bonchev–Trinajstić information content (AvgIpc) is 2.76. The van der Waals surface area contributed by atoms with Gasteiger partial charge in [0.1, 0.15) is 5.82 Å². The fourth-order valence-electron chi connectivity index (χ4n) is 2.13. The van der Waals surface area contributed by atoms with E-state index in [2.05, 4.69) is 5.10 Å². The van der Waals surface area contributed by atoms with E-state index in [4.69, 9.17) is 11.6 Å². The summed E-state index contributed by atoms with van der Waals surface area (Å²) in [7, 11) is 1.80. The maximum Gasteiger partial charge on any atom is 0.145 e. The van der Waals surface area contributed by atoms with Crippen LogP contribution in [0.3, 0.4) is 0 Å². The lowest BCUT2D eigenvalue weighted by atomic mass is 10.0. The summed E-state index contributed by atoms with van der Waals surface area (Å²) >= 11 is 5.73. The second kappa shape index (κ2) is 5.72. The molecule has 0 fully saturated rings. The summed E-state index contributed by atoms with van der Waals surface area (Å²) in [5.74, 6) is -0.467. The Kier molecular flexibility index (Phi) is 4.22. The molecule has 0 bridgehead atoms. The molecule has 0 aliphatic carbocycles. The van der Waals surface area contributed by atoms with Gasteiger partial charge in [0, 0.05) is 25.2 Å². The van der Waals surface area contributed by atoms with E-state index in [1.54, 1.807) is 30.1 Å². The molecule has 102 valence electrons. The number of aromatic nitrogens is 2. The number of aliphatic hydroxyl groups is 1. The van der Waals surface area contributed by atoms with Crippen molar-refractivity contribution in [3.63, 3.8) is 0 Å². The Labute approximate surface area is 116 Å². The summed E-state index contributed by atoms with van der Waals surface area (Å²) in [5, 5.41) is 14.6. The first kappa shape index (κ1) is 14.0. The van der Waals surface area contributed by atoms with E-state index in [9.17, 15) is 9.50 Å². The second-order valence-electron chi connectivity index (χ2n) is 4.49. The molecule has 0 radical (unpaired) electrons. The SMILES string of the molecule is CCc1nn(C)cc1C(O)Cc1cccc(Cl)c1F. The highest BCUT2D eigenvalue weighted by atomic mass is 35.5. The van der Waals surface area contributed by atoms with Crippen molar-refractivity contribution in [3.8, 4) is 0 Å². The van der Waals surface area contributed by atoms with Crippen molar-refractivity contribution in [1.82, 2.24) is 9.78 Å². The monoisotopic (exact) mass is 282 g/mol. The number of halogens is 2. The van der Waals surface area contributed by atoms with Gasteiger partial charge in [0.2, 0.25) is 0 Å². The van der Waals surface area contributed by atoms with Crippen LogP contribution in [-0.2, 0) is 19.9 Å². The van der Waals surface area contributed by atoms with Crippen molar-refractivity contribution in [2.45, 2.75) is 25.9 Å². The smallest absolute Gasteiger partial charge is 0.145 e. The van der Waals surface area contributed by atoms with Crippen LogP contribution < -0.4 is 0 Å². The Morgan fingerprint density at radius 1 is 1.47 bits per heavy atom. The predicted molar refractivity (Wildman–Crippen MR) is 72.7 cm³/mol. The molecule has 2 rings (SSSR count). The van der Waals surface area contributed by atoms with Crippen molar-refractivity contribution in [1.29, 1.82) is 0 Å². The maximum atomic E-state index is 13.8.